The van der Waals surface area contributed by atoms with Crippen LogP contribution in [0.4, 0.5) is 0 Å². The van der Waals surface area contributed by atoms with E-state index in [0.717, 1.165) is 5.56 Å². The molecule has 0 aliphatic carbocycles. The summed E-state index contributed by atoms with van der Waals surface area (Å²) < 4.78 is 29.0. The van der Waals surface area contributed by atoms with Crippen molar-refractivity contribution in [2.75, 3.05) is 25.6 Å². The van der Waals surface area contributed by atoms with Gasteiger partial charge in [0.25, 0.3) is 5.91 Å². The highest BCUT2D eigenvalue weighted by molar-refractivity contribution is 7.91. The van der Waals surface area contributed by atoms with Gasteiger partial charge in [0.2, 0.25) is 0 Å². The molecule has 0 saturated carbocycles. The molecule has 1 aromatic carbocycles. The maximum absolute atomic E-state index is 13.2. The van der Waals surface area contributed by atoms with Crippen LogP contribution in [0.25, 0.3) is 11.3 Å². The van der Waals surface area contributed by atoms with E-state index in [2.05, 4.69) is 5.16 Å². The second-order valence-corrected chi connectivity index (χ2v) is 8.61. The number of aryl methyl sites for hydroxylation is 1. The quantitative estimate of drug-likeness (QED) is 0.770. The van der Waals surface area contributed by atoms with Crippen molar-refractivity contribution in [2.45, 2.75) is 19.4 Å². The van der Waals surface area contributed by atoms with Crippen molar-refractivity contribution in [3.05, 3.63) is 41.7 Å². The summed E-state index contributed by atoms with van der Waals surface area (Å²) in [6, 6.07) is 8.93. The molecular weight excluding hydrogens is 342 g/mol. The number of hydrogen-bond acceptors (Lipinski definition) is 6. The largest absolute Gasteiger partial charge is 0.360 e. The van der Waals surface area contributed by atoms with Gasteiger partial charge < -0.3 is 4.52 Å². The van der Waals surface area contributed by atoms with Crippen molar-refractivity contribution in [3.63, 3.8) is 0 Å². The lowest BCUT2D eigenvalue weighted by atomic mass is 10.0. The van der Waals surface area contributed by atoms with Crippen LogP contribution in [-0.4, -0.2) is 61.1 Å². The Morgan fingerprint density at radius 3 is 2.48 bits per heavy atom. The van der Waals surface area contributed by atoms with Gasteiger partial charge in [0.1, 0.15) is 17.0 Å². The molecule has 1 amide bonds. The first-order chi connectivity index (χ1) is 11.8. The third kappa shape index (κ3) is 3.45. The zero-order valence-electron chi connectivity index (χ0n) is 14.5. The SMILES string of the molecule is Cc1onc(-c2ccccc2)c1C(=O)N([C@H]1CCS(=O)(=O)C1)N(C)C. The van der Waals surface area contributed by atoms with Crippen LogP contribution in [0.5, 0.6) is 0 Å². The first-order valence-corrected chi connectivity index (χ1v) is 9.85. The van der Waals surface area contributed by atoms with E-state index in [1.54, 1.807) is 26.0 Å². The molecule has 1 fully saturated rings. The number of hydrazine groups is 1. The summed E-state index contributed by atoms with van der Waals surface area (Å²) >= 11 is 0. The Labute approximate surface area is 147 Å². The van der Waals surface area contributed by atoms with E-state index in [-0.39, 0.29) is 23.5 Å². The Balaban J connectivity index is 2.00. The second kappa shape index (κ2) is 6.61. The van der Waals surface area contributed by atoms with Gasteiger partial charge in [0.05, 0.1) is 17.5 Å². The fourth-order valence-corrected chi connectivity index (χ4v) is 4.87. The van der Waals surface area contributed by atoms with Gasteiger partial charge in [-0.15, -0.1) is 0 Å². The van der Waals surface area contributed by atoms with Crippen LogP contribution >= 0.6 is 0 Å². The van der Waals surface area contributed by atoms with Crippen LogP contribution in [0.15, 0.2) is 34.9 Å². The Kier molecular flexibility index (Phi) is 4.66. The maximum Gasteiger partial charge on any atom is 0.274 e. The summed E-state index contributed by atoms with van der Waals surface area (Å²) in [5.74, 6) is 0.187. The zero-order valence-corrected chi connectivity index (χ0v) is 15.3. The fraction of sp³-hybridized carbons (Fsp3) is 0.412. The Bertz CT molecular complexity index is 875. The summed E-state index contributed by atoms with van der Waals surface area (Å²) in [7, 11) is 0.352. The number of nitrogens with zero attached hydrogens (tertiary/aromatic N) is 3. The lowest BCUT2D eigenvalue weighted by Gasteiger charge is -2.33. The molecular formula is C17H21N3O4S. The number of benzene rings is 1. The van der Waals surface area contributed by atoms with Crippen molar-refractivity contribution in [1.29, 1.82) is 0 Å². The normalized spacial score (nSPS) is 19.3. The Morgan fingerprint density at radius 2 is 1.92 bits per heavy atom. The van der Waals surface area contributed by atoms with Gasteiger partial charge in [0.15, 0.2) is 9.84 Å². The van der Waals surface area contributed by atoms with Crippen molar-refractivity contribution in [1.82, 2.24) is 15.2 Å². The van der Waals surface area contributed by atoms with Crippen LogP contribution < -0.4 is 0 Å². The minimum atomic E-state index is -3.11. The van der Waals surface area contributed by atoms with Gasteiger partial charge in [-0.1, -0.05) is 35.5 Å². The highest BCUT2D eigenvalue weighted by atomic mass is 32.2. The summed E-state index contributed by atoms with van der Waals surface area (Å²) in [6.07, 6.45) is 0.428. The van der Waals surface area contributed by atoms with Gasteiger partial charge >= 0.3 is 0 Å². The molecule has 25 heavy (non-hydrogen) atoms. The highest BCUT2D eigenvalue weighted by Gasteiger charge is 2.38. The van der Waals surface area contributed by atoms with Crippen LogP contribution in [0.1, 0.15) is 22.5 Å². The average molecular weight is 363 g/mol. The number of aromatic nitrogens is 1. The first-order valence-electron chi connectivity index (χ1n) is 8.03. The van der Waals surface area contributed by atoms with Crippen LogP contribution in [0.2, 0.25) is 0 Å². The summed E-state index contributed by atoms with van der Waals surface area (Å²) in [5, 5.41) is 7.18. The number of rotatable bonds is 4. The number of hydrogen-bond donors (Lipinski definition) is 0. The maximum atomic E-state index is 13.2. The average Bonchev–Trinajstić information content (AvgIpc) is 3.10. The molecule has 0 spiro atoms. The molecule has 0 unspecified atom stereocenters. The molecule has 0 N–H and O–H groups in total. The van der Waals surface area contributed by atoms with Crippen molar-refractivity contribution < 1.29 is 17.7 Å². The van der Waals surface area contributed by atoms with Crippen molar-refractivity contribution in [3.8, 4) is 11.3 Å². The monoisotopic (exact) mass is 363 g/mol. The molecule has 1 aromatic heterocycles. The molecule has 2 aromatic rings. The molecule has 2 heterocycles. The topological polar surface area (TPSA) is 83.7 Å². The standard InChI is InChI=1S/C17H21N3O4S/c1-12-15(16(18-24-12)13-7-5-4-6-8-13)17(21)20(19(2)3)14-9-10-25(22,23)11-14/h4-8,14H,9-11H2,1-3H3/t14-/m0/s1. The van der Waals surface area contributed by atoms with E-state index in [4.69, 9.17) is 4.52 Å². The summed E-state index contributed by atoms with van der Waals surface area (Å²) in [6.45, 7) is 1.69. The second-order valence-electron chi connectivity index (χ2n) is 6.38. The summed E-state index contributed by atoms with van der Waals surface area (Å²) in [4.78, 5) is 13.2. The third-order valence-corrected chi connectivity index (χ3v) is 6.07. The molecule has 1 aliphatic heterocycles. The van der Waals surface area contributed by atoms with Crippen molar-refractivity contribution >= 4 is 15.7 Å². The Morgan fingerprint density at radius 1 is 1.24 bits per heavy atom. The minimum Gasteiger partial charge on any atom is -0.360 e. The van der Waals surface area contributed by atoms with E-state index in [9.17, 15) is 13.2 Å². The number of sulfone groups is 1. The van der Waals surface area contributed by atoms with E-state index >= 15 is 0 Å². The van der Waals surface area contributed by atoms with Gasteiger partial charge in [0, 0.05) is 19.7 Å². The van der Waals surface area contributed by atoms with E-state index in [1.807, 2.05) is 30.3 Å². The predicted molar refractivity (Wildman–Crippen MR) is 93.6 cm³/mol. The van der Waals surface area contributed by atoms with Crippen LogP contribution in [0.3, 0.4) is 0 Å². The van der Waals surface area contributed by atoms with E-state index in [0.29, 0.717) is 23.4 Å². The minimum absolute atomic E-state index is 0.0259. The Hall–Kier alpha value is -2.19. The zero-order chi connectivity index (χ0) is 18.2. The molecule has 0 radical (unpaired) electrons. The van der Waals surface area contributed by atoms with Gasteiger partial charge in [-0.05, 0) is 13.3 Å². The van der Waals surface area contributed by atoms with Crippen LogP contribution in [0, 0.1) is 6.92 Å². The van der Waals surface area contributed by atoms with Crippen LogP contribution in [-0.2, 0) is 9.84 Å². The first kappa shape index (κ1) is 17.6. The molecule has 8 heteroatoms. The molecule has 7 nitrogen and oxygen atoms in total. The van der Waals surface area contributed by atoms with Crippen molar-refractivity contribution in [2.24, 2.45) is 0 Å². The van der Waals surface area contributed by atoms with Gasteiger partial charge in [-0.25, -0.2) is 13.4 Å². The molecule has 3 rings (SSSR count). The van der Waals surface area contributed by atoms with Gasteiger partial charge in [-0.3, -0.25) is 9.80 Å². The number of amides is 1. The van der Waals surface area contributed by atoms with E-state index in [1.165, 1.54) is 5.01 Å². The lowest BCUT2D eigenvalue weighted by molar-refractivity contribution is 0.000932. The molecule has 134 valence electrons. The molecule has 1 saturated heterocycles. The molecule has 0 bridgehead atoms. The lowest BCUT2D eigenvalue weighted by Crippen LogP contribution is -2.49. The predicted octanol–water partition coefficient (Wildman–Crippen LogP) is 1.76. The molecule has 1 atom stereocenters. The highest BCUT2D eigenvalue weighted by Crippen LogP contribution is 2.28. The fourth-order valence-electron chi connectivity index (χ4n) is 3.17. The van der Waals surface area contributed by atoms with E-state index < -0.39 is 9.84 Å². The number of carbonyl (C=O) groups is 1. The summed E-state index contributed by atoms with van der Waals surface area (Å²) in [5.41, 5.74) is 1.61. The van der Waals surface area contributed by atoms with Gasteiger partial charge in [-0.2, -0.15) is 0 Å². The number of carbonyl (C=O) groups excluding carboxylic acids is 1. The molecule has 1 aliphatic rings. The third-order valence-electron chi connectivity index (χ3n) is 4.32. The smallest absolute Gasteiger partial charge is 0.274 e.